The SMILES string of the molecule is COCc1c(-c2nc(CCS(C)(=O)=O)no2)sc2ccccc12. The van der Waals surface area contributed by atoms with Crippen LogP contribution >= 0.6 is 11.3 Å². The Labute approximate surface area is 138 Å². The van der Waals surface area contributed by atoms with E-state index in [-0.39, 0.29) is 12.2 Å². The molecule has 0 amide bonds. The number of aryl methyl sites for hydroxylation is 1. The van der Waals surface area contributed by atoms with Gasteiger partial charge in [-0.05, 0) is 11.5 Å². The van der Waals surface area contributed by atoms with E-state index in [9.17, 15) is 8.42 Å². The normalized spacial score (nSPS) is 12.1. The zero-order valence-corrected chi connectivity index (χ0v) is 14.4. The lowest BCUT2D eigenvalue weighted by molar-refractivity contribution is 0.186. The summed E-state index contributed by atoms with van der Waals surface area (Å²) in [7, 11) is -1.41. The first-order valence-electron chi connectivity index (χ1n) is 6.98. The molecule has 1 aromatic carbocycles. The van der Waals surface area contributed by atoms with E-state index in [2.05, 4.69) is 10.1 Å². The van der Waals surface area contributed by atoms with E-state index < -0.39 is 9.84 Å². The van der Waals surface area contributed by atoms with Gasteiger partial charge in [0.05, 0.1) is 17.2 Å². The van der Waals surface area contributed by atoms with Crippen molar-refractivity contribution >= 4 is 31.3 Å². The summed E-state index contributed by atoms with van der Waals surface area (Å²) >= 11 is 1.56. The van der Waals surface area contributed by atoms with Crippen LogP contribution in [0.15, 0.2) is 28.8 Å². The summed E-state index contributed by atoms with van der Waals surface area (Å²) in [6.07, 6.45) is 1.43. The predicted octanol–water partition coefficient (Wildman–Crippen LogP) is 2.68. The number of benzene rings is 1. The van der Waals surface area contributed by atoms with E-state index in [4.69, 9.17) is 9.26 Å². The van der Waals surface area contributed by atoms with Gasteiger partial charge in [-0.1, -0.05) is 23.4 Å². The van der Waals surface area contributed by atoms with Gasteiger partial charge in [-0.3, -0.25) is 0 Å². The zero-order chi connectivity index (χ0) is 16.4. The fourth-order valence-electron chi connectivity index (χ4n) is 2.28. The minimum Gasteiger partial charge on any atom is -0.380 e. The van der Waals surface area contributed by atoms with Crippen molar-refractivity contribution < 1.29 is 17.7 Å². The van der Waals surface area contributed by atoms with Crippen molar-refractivity contribution in [2.75, 3.05) is 19.1 Å². The average molecular weight is 352 g/mol. The summed E-state index contributed by atoms with van der Waals surface area (Å²) in [5.74, 6) is 0.802. The smallest absolute Gasteiger partial charge is 0.268 e. The minimum absolute atomic E-state index is 0.00329. The Hall–Kier alpha value is -1.77. The molecule has 0 bridgehead atoms. The molecular formula is C15H16N2O4S2. The van der Waals surface area contributed by atoms with Crippen LogP contribution in [0.4, 0.5) is 0 Å². The van der Waals surface area contributed by atoms with Crippen LogP contribution < -0.4 is 0 Å². The van der Waals surface area contributed by atoms with Gasteiger partial charge in [0.25, 0.3) is 5.89 Å². The monoisotopic (exact) mass is 352 g/mol. The second-order valence-electron chi connectivity index (χ2n) is 5.23. The second-order valence-corrected chi connectivity index (χ2v) is 8.55. The van der Waals surface area contributed by atoms with Crippen molar-refractivity contribution in [1.82, 2.24) is 10.1 Å². The Morgan fingerprint density at radius 2 is 2.09 bits per heavy atom. The van der Waals surface area contributed by atoms with E-state index in [1.165, 1.54) is 6.26 Å². The number of hydrogen-bond donors (Lipinski definition) is 0. The molecule has 0 aliphatic rings. The number of sulfone groups is 1. The topological polar surface area (TPSA) is 82.3 Å². The van der Waals surface area contributed by atoms with Crippen LogP contribution in [0, 0.1) is 0 Å². The molecule has 0 fully saturated rings. The first-order valence-corrected chi connectivity index (χ1v) is 9.85. The molecule has 2 heterocycles. The predicted molar refractivity (Wildman–Crippen MR) is 89.2 cm³/mol. The number of methoxy groups -OCH3 is 1. The molecule has 6 nitrogen and oxygen atoms in total. The molecule has 0 saturated carbocycles. The molecule has 0 atom stereocenters. The van der Waals surface area contributed by atoms with Crippen LogP contribution in [0.1, 0.15) is 11.4 Å². The van der Waals surface area contributed by atoms with Gasteiger partial charge in [-0.25, -0.2) is 8.42 Å². The van der Waals surface area contributed by atoms with E-state index >= 15 is 0 Å². The minimum atomic E-state index is -3.05. The van der Waals surface area contributed by atoms with Crippen LogP contribution in [0.3, 0.4) is 0 Å². The highest BCUT2D eigenvalue weighted by Crippen LogP contribution is 2.38. The quantitative estimate of drug-likeness (QED) is 0.678. The van der Waals surface area contributed by atoms with Crippen LogP contribution in [-0.2, 0) is 27.6 Å². The lowest BCUT2D eigenvalue weighted by Crippen LogP contribution is -2.06. The summed E-state index contributed by atoms with van der Waals surface area (Å²) < 4.78 is 34.2. The van der Waals surface area contributed by atoms with Gasteiger partial charge < -0.3 is 9.26 Å². The van der Waals surface area contributed by atoms with Crippen molar-refractivity contribution in [2.24, 2.45) is 0 Å². The van der Waals surface area contributed by atoms with Gasteiger partial charge in [-0.15, -0.1) is 11.3 Å². The molecule has 0 spiro atoms. The zero-order valence-electron chi connectivity index (χ0n) is 12.8. The van der Waals surface area contributed by atoms with Gasteiger partial charge in [0.1, 0.15) is 9.84 Å². The Balaban J connectivity index is 1.97. The van der Waals surface area contributed by atoms with Crippen LogP contribution in [0.5, 0.6) is 0 Å². The Morgan fingerprint density at radius 3 is 2.83 bits per heavy atom. The third kappa shape index (κ3) is 3.60. The number of rotatable bonds is 6. The summed E-state index contributed by atoms with van der Waals surface area (Å²) in [5, 5.41) is 4.98. The van der Waals surface area contributed by atoms with E-state index in [1.807, 2.05) is 24.3 Å². The molecular weight excluding hydrogens is 336 g/mol. The van der Waals surface area contributed by atoms with Crippen molar-refractivity contribution in [3.8, 4) is 10.8 Å². The third-order valence-corrected chi connectivity index (χ3v) is 5.49. The highest BCUT2D eigenvalue weighted by atomic mass is 32.2. The summed E-state index contributed by atoms with van der Waals surface area (Å²) in [6, 6.07) is 8.02. The molecule has 0 unspecified atom stereocenters. The van der Waals surface area contributed by atoms with Crippen LogP contribution in [0.2, 0.25) is 0 Å². The number of thiophene rings is 1. The maximum atomic E-state index is 11.2. The van der Waals surface area contributed by atoms with Crippen molar-refractivity contribution in [3.63, 3.8) is 0 Å². The molecule has 0 aliphatic heterocycles. The first-order chi connectivity index (χ1) is 11.0. The highest BCUT2D eigenvalue weighted by Gasteiger charge is 2.19. The lowest BCUT2D eigenvalue weighted by atomic mass is 10.1. The van der Waals surface area contributed by atoms with Gasteiger partial charge in [0.2, 0.25) is 0 Å². The fourth-order valence-corrected chi connectivity index (χ4v) is 3.97. The molecule has 2 aromatic heterocycles. The molecule has 0 N–H and O–H groups in total. The van der Waals surface area contributed by atoms with Crippen LogP contribution in [-0.4, -0.2) is 37.7 Å². The number of nitrogens with zero attached hydrogens (tertiary/aromatic N) is 2. The molecule has 8 heteroatoms. The maximum absolute atomic E-state index is 11.2. The van der Waals surface area contributed by atoms with Crippen molar-refractivity contribution in [3.05, 3.63) is 35.7 Å². The van der Waals surface area contributed by atoms with Crippen LogP contribution in [0.25, 0.3) is 20.9 Å². The van der Waals surface area contributed by atoms with Crippen molar-refractivity contribution in [2.45, 2.75) is 13.0 Å². The number of fused-ring (bicyclic) bond motifs is 1. The summed E-state index contributed by atoms with van der Waals surface area (Å²) in [6.45, 7) is 0.445. The van der Waals surface area contributed by atoms with Gasteiger partial charge in [-0.2, -0.15) is 4.98 Å². The summed E-state index contributed by atoms with van der Waals surface area (Å²) in [5.41, 5.74) is 1.01. The molecule has 0 saturated heterocycles. The number of hydrogen-bond acceptors (Lipinski definition) is 7. The van der Waals surface area contributed by atoms with E-state index in [1.54, 1.807) is 18.4 Å². The number of aromatic nitrogens is 2. The summed E-state index contributed by atoms with van der Waals surface area (Å²) in [4.78, 5) is 5.20. The molecule has 0 aliphatic carbocycles. The van der Waals surface area contributed by atoms with Crippen molar-refractivity contribution in [1.29, 1.82) is 0 Å². The van der Waals surface area contributed by atoms with Gasteiger partial charge >= 0.3 is 0 Å². The Morgan fingerprint density at radius 1 is 1.30 bits per heavy atom. The Bertz CT molecular complexity index is 928. The second kappa shape index (κ2) is 6.38. The lowest BCUT2D eigenvalue weighted by Gasteiger charge is -1.99. The molecule has 122 valence electrons. The van der Waals surface area contributed by atoms with Gasteiger partial charge in [0, 0.05) is 30.0 Å². The standard InChI is InChI=1S/C15H16N2O4S2/c1-20-9-11-10-5-3-4-6-12(10)22-14(11)15-16-13(17-21-15)7-8-23(2,18)19/h3-6H,7-9H2,1-2H3. The highest BCUT2D eigenvalue weighted by molar-refractivity contribution is 7.90. The first kappa shape index (κ1) is 16.1. The fraction of sp³-hybridized carbons (Fsp3) is 0.333. The third-order valence-electron chi connectivity index (χ3n) is 3.35. The van der Waals surface area contributed by atoms with E-state index in [0.717, 1.165) is 20.5 Å². The van der Waals surface area contributed by atoms with E-state index in [0.29, 0.717) is 18.3 Å². The Kier molecular flexibility index (Phi) is 4.47. The maximum Gasteiger partial charge on any atom is 0.268 e. The number of ether oxygens (including phenoxy) is 1. The molecule has 0 radical (unpaired) electrons. The van der Waals surface area contributed by atoms with Gasteiger partial charge in [0.15, 0.2) is 5.82 Å². The molecule has 23 heavy (non-hydrogen) atoms. The molecule has 3 rings (SSSR count). The largest absolute Gasteiger partial charge is 0.380 e. The average Bonchev–Trinajstić information content (AvgIpc) is 3.10. The molecule has 3 aromatic rings.